The van der Waals surface area contributed by atoms with Crippen molar-refractivity contribution in [2.24, 2.45) is 5.92 Å². The van der Waals surface area contributed by atoms with Gasteiger partial charge in [-0.25, -0.2) is 12.7 Å². The van der Waals surface area contributed by atoms with Crippen LogP contribution in [0.15, 0.2) is 48.5 Å². The predicted molar refractivity (Wildman–Crippen MR) is 116 cm³/mol. The van der Waals surface area contributed by atoms with E-state index in [2.05, 4.69) is 5.32 Å². The summed E-state index contributed by atoms with van der Waals surface area (Å²) in [5.41, 5.74) is 2.89. The van der Waals surface area contributed by atoms with Crippen molar-refractivity contribution in [3.63, 3.8) is 0 Å². The van der Waals surface area contributed by atoms with E-state index in [0.717, 1.165) is 5.56 Å². The maximum Gasteiger partial charge on any atom is 0.224 e. The largest absolute Gasteiger partial charge is 0.349 e. The van der Waals surface area contributed by atoms with Crippen molar-refractivity contribution < 1.29 is 13.2 Å². The molecule has 2 aromatic carbocycles. The Bertz CT molecular complexity index is 943. The standard InChI is InChI=1S/C22H27ClN2O3S/c1-16-5-9-19(10-6-16)17(2)24-22(26)20-4-3-13-25(14-20)29(27,28)15-18-7-11-21(23)12-8-18/h5-12,17,20H,3-4,13-15H2,1-2H3,(H,24,26)/t17-,20-/m1/s1. The number of hydrogen-bond acceptors (Lipinski definition) is 3. The molecule has 1 N–H and O–H groups in total. The number of rotatable bonds is 6. The van der Waals surface area contributed by atoms with Crippen LogP contribution in [0.2, 0.25) is 5.02 Å². The van der Waals surface area contributed by atoms with Gasteiger partial charge in [-0.3, -0.25) is 4.79 Å². The molecule has 29 heavy (non-hydrogen) atoms. The van der Waals surface area contributed by atoms with Gasteiger partial charge in [0.2, 0.25) is 15.9 Å². The number of sulfonamides is 1. The smallest absolute Gasteiger partial charge is 0.224 e. The normalized spacial score (nSPS) is 18.9. The molecule has 5 nitrogen and oxygen atoms in total. The fourth-order valence-electron chi connectivity index (χ4n) is 3.56. The molecule has 7 heteroatoms. The minimum absolute atomic E-state index is 0.0850. The highest BCUT2D eigenvalue weighted by Crippen LogP contribution is 2.23. The number of nitrogens with zero attached hydrogens (tertiary/aromatic N) is 1. The summed E-state index contributed by atoms with van der Waals surface area (Å²) >= 11 is 5.87. The van der Waals surface area contributed by atoms with Crippen molar-refractivity contribution in [3.05, 3.63) is 70.2 Å². The summed E-state index contributed by atoms with van der Waals surface area (Å²) in [6, 6.07) is 14.7. The quantitative estimate of drug-likeness (QED) is 0.745. The zero-order chi connectivity index (χ0) is 21.0. The minimum Gasteiger partial charge on any atom is -0.349 e. The van der Waals surface area contributed by atoms with Gasteiger partial charge in [0, 0.05) is 18.1 Å². The number of benzene rings is 2. The second-order valence-corrected chi connectivity index (χ2v) is 10.1. The number of aryl methyl sites for hydroxylation is 1. The first-order valence-corrected chi connectivity index (χ1v) is 11.8. The molecule has 1 aliphatic heterocycles. The molecule has 0 spiro atoms. The van der Waals surface area contributed by atoms with E-state index in [9.17, 15) is 13.2 Å². The summed E-state index contributed by atoms with van der Waals surface area (Å²) in [5.74, 6) is -0.515. The van der Waals surface area contributed by atoms with E-state index in [1.165, 1.54) is 9.87 Å². The van der Waals surface area contributed by atoms with Crippen LogP contribution < -0.4 is 5.32 Å². The van der Waals surface area contributed by atoms with Crippen LogP contribution in [-0.4, -0.2) is 31.7 Å². The van der Waals surface area contributed by atoms with Gasteiger partial charge in [0.05, 0.1) is 17.7 Å². The molecule has 2 aromatic rings. The van der Waals surface area contributed by atoms with Crippen molar-refractivity contribution in [3.8, 4) is 0 Å². The summed E-state index contributed by atoms with van der Waals surface area (Å²) in [6.45, 7) is 4.64. The Kier molecular flexibility index (Phi) is 6.98. The van der Waals surface area contributed by atoms with Crippen LogP contribution in [0, 0.1) is 12.8 Å². The third-order valence-corrected chi connectivity index (χ3v) is 7.42. The Morgan fingerprint density at radius 2 is 1.83 bits per heavy atom. The van der Waals surface area contributed by atoms with Crippen LogP contribution in [0.3, 0.4) is 0 Å². The first-order valence-electron chi connectivity index (χ1n) is 9.84. The first-order chi connectivity index (χ1) is 13.7. The number of carbonyl (C=O) groups excluding carboxylic acids is 1. The van der Waals surface area contributed by atoms with E-state index in [0.29, 0.717) is 30.0 Å². The van der Waals surface area contributed by atoms with Crippen LogP contribution in [0.5, 0.6) is 0 Å². The average Bonchev–Trinajstić information content (AvgIpc) is 2.70. The van der Waals surface area contributed by atoms with Gasteiger partial charge in [0.15, 0.2) is 0 Å². The fourth-order valence-corrected chi connectivity index (χ4v) is 5.30. The Balaban J connectivity index is 1.62. The Hall–Kier alpha value is -1.89. The molecule has 0 unspecified atom stereocenters. The topological polar surface area (TPSA) is 66.5 Å². The molecule has 156 valence electrons. The van der Waals surface area contributed by atoms with Gasteiger partial charge < -0.3 is 5.32 Å². The van der Waals surface area contributed by atoms with Crippen molar-refractivity contribution in [1.29, 1.82) is 0 Å². The van der Waals surface area contributed by atoms with E-state index < -0.39 is 10.0 Å². The van der Waals surface area contributed by atoms with Gasteiger partial charge in [0.25, 0.3) is 0 Å². The van der Waals surface area contributed by atoms with Gasteiger partial charge in [-0.1, -0.05) is 53.6 Å². The highest BCUT2D eigenvalue weighted by Gasteiger charge is 2.32. The Morgan fingerprint density at radius 1 is 1.17 bits per heavy atom. The first kappa shape index (κ1) is 21.8. The van der Waals surface area contributed by atoms with E-state index >= 15 is 0 Å². The lowest BCUT2D eigenvalue weighted by Crippen LogP contribution is -2.46. The number of halogens is 1. The van der Waals surface area contributed by atoms with Crippen LogP contribution in [0.25, 0.3) is 0 Å². The minimum atomic E-state index is -3.49. The molecular weight excluding hydrogens is 408 g/mol. The lowest BCUT2D eigenvalue weighted by molar-refractivity contribution is -0.126. The number of nitrogens with one attached hydrogen (secondary N) is 1. The summed E-state index contributed by atoms with van der Waals surface area (Å²) in [5, 5.41) is 3.61. The van der Waals surface area contributed by atoms with E-state index in [-0.39, 0.29) is 30.2 Å². The molecule has 0 radical (unpaired) electrons. The zero-order valence-corrected chi connectivity index (χ0v) is 18.3. The van der Waals surface area contributed by atoms with Crippen molar-refractivity contribution in [2.75, 3.05) is 13.1 Å². The lowest BCUT2D eigenvalue weighted by Gasteiger charge is -2.32. The third kappa shape index (κ3) is 5.81. The molecule has 1 amide bonds. The average molecular weight is 435 g/mol. The SMILES string of the molecule is Cc1ccc([C@@H](C)NC(=O)[C@@H]2CCCN(S(=O)(=O)Cc3ccc(Cl)cc3)C2)cc1. The third-order valence-electron chi connectivity index (χ3n) is 5.35. The molecule has 0 saturated carbocycles. The highest BCUT2D eigenvalue weighted by molar-refractivity contribution is 7.88. The Morgan fingerprint density at radius 3 is 2.48 bits per heavy atom. The molecule has 0 bridgehead atoms. The lowest BCUT2D eigenvalue weighted by atomic mass is 9.97. The van der Waals surface area contributed by atoms with E-state index in [1.54, 1.807) is 24.3 Å². The van der Waals surface area contributed by atoms with E-state index in [4.69, 9.17) is 11.6 Å². The second kappa shape index (κ2) is 9.28. The molecular formula is C22H27ClN2O3S. The van der Waals surface area contributed by atoms with Crippen LogP contribution in [-0.2, 0) is 20.6 Å². The van der Waals surface area contributed by atoms with E-state index in [1.807, 2.05) is 38.1 Å². The maximum absolute atomic E-state index is 12.8. The highest BCUT2D eigenvalue weighted by atomic mass is 35.5. The van der Waals surface area contributed by atoms with Gasteiger partial charge in [-0.15, -0.1) is 0 Å². The van der Waals surface area contributed by atoms with Crippen LogP contribution in [0.1, 0.15) is 42.5 Å². The summed E-state index contributed by atoms with van der Waals surface area (Å²) in [7, 11) is -3.49. The number of amides is 1. The predicted octanol–water partition coefficient (Wildman–Crippen LogP) is 4.07. The van der Waals surface area contributed by atoms with Crippen molar-refractivity contribution >= 4 is 27.5 Å². The Labute approximate surface area is 178 Å². The van der Waals surface area contributed by atoms with Gasteiger partial charge in [0.1, 0.15) is 0 Å². The number of hydrogen-bond donors (Lipinski definition) is 1. The second-order valence-electron chi connectivity index (χ2n) is 7.72. The monoisotopic (exact) mass is 434 g/mol. The molecule has 1 fully saturated rings. The maximum atomic E-state index is 12.8. The number of piperidine rings is 1. The van der Waals surface area contributed by atoms with Crippen molar-refractivity contribution in [2.45, 2.75) is 38.5 Å². The molecule has 0 aliphatic carbocycles. The fraction of sp³-hybridized carbons (Fsp3) is 0.409. The summed E-state index contributed by atoms with van der Waals surface area (Å²) in [4.78, 5) is 12.8. The number of carbonyl (C=O) groups is 1. The van der Waals surface area contributed by atoms with Gasteiger partial charge >= 0.3 is 0 Å². The summed E-state index contributed by atoms with van der Waals surface area (Å²) < 4.78 is 27.1. The van der Waals surface area contributed by atoms with Gasteiger partial charge in [-0.05, 0) is 49.9 Å². The van der Waals surface area contributed by atoms with Gasteiger partial charge in [-0.2, -0.15) is 0 Å². The zero-order valence-electron chi connectivity index (χ0n) is 16.8. The molecule has 1 saturated heterocycles. The molecule has 0 aromatic heterocycles. The molecule has 2 atom stereocenters. The molecule has 3 rings (SSSR count). The van der Waals surface area contributed by atoms with Crippen LogP contribution >= 0.6 is 11.6 Å². The molecule has 1 heterocycles. The molecule has 1 aliphatic rings. The van der Waals surface area contributed by atoms with Crippen LogP contribution in [0.4, 0.5) is 0 Å². The van der Waals surface area contributed by atoms with Crippen molar-refractivity contribution in [1.82, 2.24) is 9.62 Å². The summed E-state index contributed by atoms with van der Waals surface area (Å²) in [6.07, 6.45) is 1.37.